The van der Waals surface area contributed by atoms with Crippen molar-refractivity contribution in [3.8, 4) is 0 Å². The summed E-state index contributed by atoms with van der Waals surface area (Å²) < 4.78 is 0. The molecule has 1 aliphatic heterocycles. The maximum absolute atomic E-state index is 12.6. The first-order valence-corrected chi connectivity index (χ1v) is 7.32. The Morgan fingerprint density at radius 1 is 1.18 bits per heavy atom. The van der Waals surface area contributed by atoms with Crippen molar-refractivity contribution >= 4 is 40.5 Å². The molecule has 1 aliphatic rings. The van der Waals surface area contributed by atoms with Gasteiger partial charge in [-0.1, -0.05) is 11.6 Å². The lowest BCUT2D eigenvalue weighted by Crippen LogP contribution is -2.31. The maximum atomic E-state index is 12.6. The van der Waals surface area contributed by atoms with Crippen LogP contribution in [0.25, 0.3) is 0 Å². The van der Waals surface area contributed by atoms with Gasteiger partial charge in [-0.2, -0.15) is 0 Å². The lowest BCUT2D eigenvalue weighted by molar-refractivity contribution is -0.125. The van der Waals surface area contributed by atoms with Crippen LogP contribution in [0.15, 0.2) is 42.7 Å². The molecule has 2 amide bonds. The van der Waals surface area contributed by atoms with Crippen molar-refractivity contribution in [3.05, 3.63) is 47.7 Å². The Bertz CT molecular complexity index is 733. The van der Waals surface area contributed by atoms with E-state index in [1.54, 1.807) is 47.6 Å². The van der Waals surface area contributed by atoms with Crippen LogP contribution in [0.2, 0.25) is 5.02 Å². The lowest BCUT2D eigenvalue weighted by Gasteiger charge is -2.25. The average molecular weight is 316 g/mol. The first-order valence-electron chi connectivity index (χ1n) is 6.94. The van der Waals surface area contributed by atoms with E-state index in [2.05, 4.69) is 4.98 Å². The highest BCUT2D eigenvalue weighted by Crippen LogP contribution is 2.39. The lowest BCUT2D eigenvalue weighted by atomic mass is 10.2. The molecule has 2 heterocycles. The monoisotopic (exact) mass is 315 g/mol. The second-order valence-corrected chi connectivity index (χ2v) is 5.32. The Balaban J connectivity index is 2.24. The van der Waals surface area contributed by atoms with Gasteiger partial charge in [0.15, 0.2) is 0 Å². The minimum Gasteiger partial charge on any atom is -0.310 e. The normalized spacial score (nSPS) is 14.8. The van der Waals surface area contributed by atoms with Crippen molar-refractivity contribution in [2.45, 2.75) is 13.3 Å². The van der Waals surface area contributed by atoms with Gasteiger partial charge in [-0.05, 0) is 37.3 Å². The maximum Gasteiger partial charge on any atom is 0.241 e. The van der Waals surface area contributed by atoms with Crippen LogP contribution in [0.1, 0.15) is 13.3 Å². The van der Waals surface area contributed by atoms with Gasteiger partial charge in [0.25, 0.3) is 0 Å². The predicted octanol–water partition coefficient (Wildman–Crippen LogP) is 3.16. The third-order valence-electron chi connectivity index (χ3n) is 3.54. The molecule has 1 aromatic carbocycles. The summed E-state index contributed by atoms with van der Waals surface area (Å²) >= 11 is 6.10. The third-order valence-corrected chi connectivity index (χ3v) is 3.78. The van der Waals surface area contributed by atoms with Crippen LogP contribution in [0, 0.1) is 0 Å². The molecular weight excluding hydrogens is 302 g/mol. The van der Waals surface area contributed by atoms with E-state index in [1.807, 2.05) is 6.92 Å². The predicted molar refractivity (Wildman–Crippen MR) is 85.5 cm³/mol. The number of anilines is 3. The van der Waals surface area contributed by atoms with Crippen LogP contribution in [0.4, 0.5) is 17.1 Å². The van der Waals surface area contributed by atoms with Crippen molar-refractivity contribution in [1.82, 2.24) is 4.98 Å². The number of rotatable bonds is 2. The minimum absolute atomic E-state index is 0.185. The zero-order valence-electron chi connectivity index (χ0n) is 12.0. The van der Waals surface area contributed by atoms with E-state index < -0.39 is 0 Å². The first kappa shape index (κ1) is 14.5. The van der Waals surface area contributed by atoms with Crippen molar-refractivity contribution in [2.24, 2.45) is 0 Å². The fourth-order valence-corrected chi connectivity index (χ4v) is 2.76. The minimum atomic E-state index is -0.294. The zero-order valence-corrected chi connectivity index (χ0v) is 12.7. The number of carbonyl (C=O) groups excluding carboxylic acids is 2. The number of aromatic nitrogens is 1. The van der Waals surface area contributed by atoms with Crippen LogP contribution in [0.3, 0.4) is 0 Å². The molecule has 0 bridgehead atoms. The smallest absolute Gasteiger partial charge is 0.241 e. The fourth-order valence-electron chi connectivity index (χ4n) is 2.59. The van der Waals surface area contributed by atoms with E-state index in [9.17, 15) is 9.59 Å². The van der Waals surface area contributed by atoms with Gasteiger partial charge >= 0.3 is 0 Å². The number of pyridine rings is 1. The summed E-state index contributed by atoms with van der Waals surface area (Å²) in [5.74, 6) is -0.514. The molecule has 5 nitrogen and oxygen atoms in total. The molecule has 3 rings (SSSR count). The fraction of sp³-hybridized carbons (Fsp3) is 0.188. The summed E-state index contributed by atoms with van der Waals surface area (Å²) in [7, 11) is 0. The molecule has 0 aliphatic carbocycles. The Kier molecular flexibility index (Phi) is 3.81. The second kappa shape index (κ2) is 5.77. The van der Waals surface area contributed by atoms with Crippen LogP contribution in [-0.4, -0.2) is 23.3 Å². The molecule has 2 aromatic rings. The number of nitrogens with zero attached hydrogens (tertiary/aromatic N) is 3. The van der Waals surface area contributed by atoms with Crippen LogP contribution < -0.4 is 9.80 Å². The van der Waals surface area contributed by atoms with E-state index in [0.717, 1.165) is 0 Å². The summed E-state index contributed by atoms with van der Waals surface area (Å²) in [5, 5.41) is 0.505. The quantitative estimate of drug-likeness (QED) is 0.800. The number of carbonyl (C=O) groups is 2. The third kappa shape index (κ3) is 2.44. The second-order valence-electron chi connectivity index (χ2n) is 4.89. The topological polar surface area (TPSA) is 53.5 Å². The molecule has 0 spiro atoms. The number of benzene rings is 1. The zero-order chi connectivity index (χ0) is 15.7. The largest absolute Gasteiger partial charge is 0.310 e. The van der Waals surface area contributed by atoms with Crippen molar-refractivity contribution in [3.63, 3.8) is 0 Å². The van der Waals surface area contributed by atoms with Crippen molar-refractivity contribution in [1.29, 1.82) is 0 Å². The molecule has 1 aromatic heterocycles. The standard InChI is InChI=1S/C16H14ClN3O2/c1-2-19-13-6-5-11(17)8-14(13)20(16(22)9-15(19)21)12-4-3-7-18-10-12/h3-8,10H,2,9H2,1H3. The Hall–Kier alpha value is -2.40. The summed E-state index contributed by atoms with van der Waals surface area (Å²) in [5.41, 5.74) is 1.88. The van der Waals surface area contributed by atoms with Crippen LogP contribution in [0.5, 0.6) is 0 Å². The molecule has 112 valence electrons. The number of amides is 2. The van der Waals surface area contributed by atoms with E-state index >= 15 is 0 Å². The molecule has 0 saturated carbocycles. The molecule has 0 N–H and O–H groups in total. The number of hydrogen-bond donors (Lipinski definition) is 0. The molecule has 0 radical (unpaired) electrons. The first-order chi connectivity index (χ1) is 10.6. The van der Waals surface area contributed by atoms with Gasteiger partial charge in [0.05, 0.1) is 23.3 Å². The van der Waals surface area contributed by atoms with Gasteiger partial charge in [0.1, 0.15) is 6.42 Å². The van der Waals surface area contributed by atoms with Gasteiger partial charge < -0.3 is 4.90 Å². The summed E-state index contributed by atoms with van der Waals surface area (Å²) in [6.45, 7) is 2.36. The molecule has 0 saturated heterocycles. The highest BCUT2D eigenvalue weighted by molar-refractivity contribution is 6.31. The summed E-state index contributed by atoms with van der Waals surface area (Å²) in [6, 6.07) is 8.70. The van der Waals surface area contributed by atoms with E-state index in [4.69, 9.17) is 11.6 Å². The van der Waals surface area contributed by atoms with Crippen LogP contribution >= 0.6 is 11.6 Å². The highest BCUT2D eigenvalue weighted by Gasteiger charge is 2.32. The molecule has 22 heavy (non-hydrogen) atoms. The molecular formula is C16H14ClN3O2. The number of hydrogen-bond acceptors (Lipinski definition) is 3. The Morgan fingerprint density at radius 2 is 2.00 bits per heavy atom. The van der Waals surface area contributed by atoms with E-state index in [0.29, 0.717) is 28.6 Å². The van der Waals surface area contributed by atoms with Gasteiger partial charge in [-0.15, -0.1) is 0 Å². The molecule has 0 unspecified atom stereocenters. The number of halogens is 1. The number of fused-ring (bicyclic) bond motifs is 1. The SMILES string of the molecule is CCN1C(=O)CC(=O)N(c2cccnc2)c2cc(Cl)ccc21. The summed E-state index contributed by atoms with van der Waals surface area (Å²) in [4.78, 5) is 32.0. The average Bonchev–Trinajstić information content (AvgIpc) is 2.60. The highest BCUT2D eigenvalue weighted by atomic mass is 35.5. The van der Waals surface area contributed by atoms with E-state index in [1.165, 1.54) is 4.90 Å². The van der Waals surface area contributed by atoms with Gasteiger partial charge in [0.2, 0.25) is 11.8 Å². The van der Waals surface area contributed by atoms with E-state index in [-0.39, 0.29) is 18.2 Å². The van der Waals surface area contributed by atoms with Gasteiger partial charge in [0, 0.05) is 17.8 Å². The summed E-state index contributed by atoms with van der Waals surface area (Å²) in [6.07, 6.45) is 3.04. The molecule has 0 fully saturated rings. The molecule has 0 atom stereocenters. The molecule has 6 heteroatoms. The van der Waals surface area contributed by atoms with Crippen molar-refractivity contribution in [2.75, 3.05) is 16.3 Å². The van der Waals surface area contributed by atoms with Gasteiger partial charge in [-0.3, -0.25) is 19.5 Å². The van der Waals surface area contributed by atoms with Crippen LogP contribution in [-0.2, 0) is 9.59 Å². The van der Waals surface area contributed by atoms with Crippen molar-refractivity contribution < 1.29 is 9.59 Å². The van der Waals surface area contributed by atoms with Gasteiger partial charge in [-0.25, -0.2) is 0 Å². The Morgan fingerprint density at radius 3 is 2.68 bits per heavy atom. The Labute approximate surface area is 133 Å².